The number of nitrogens with zero attached hydrogens (tertiary/aromatic N) is 1. The van der Waals surface area contributed by atoms with Crippen LogP contribution in [0.4, 0.5) is 20.2 Å². The average molecular weight is 593 g/mol. The zero-order valence-corrected chi connectivity index (χ0v) is 24.1. The predicted octanol–water partition coefficient (Wildman–Crippen LogP) is 5.32. The summed E-state index contributed by atoms with van der Waals surface area (Å²) >= 11 is -1.70. The van der Waals surface area contributed by atoms with Crippen molar-refractivity contribution >= 4 is 34.6 Å². The van der Waals surface area contributed by atoms with Crippen molar-refractivity contribution in [3.63, 3.8) is 0 Å². The SMILES string of the molecule is COc1ccc(-c2cccc(C(=O)N(C)C)c2)cc1[S+]([O-])Nc1cccc(NCCNC(=O)c2cc(F)ccc2F)c1. The van der Waals surface area contributed by atoms with Gasteiger partial charge >= 0.3 is 0 Å². The Balaban J connectivity index is 1.41. The molecule has 2 amide bonds. The summed E-state index contributed by atoms with van der Waals surface area (Å²) in [4.78, 5) is 26.5. The molecule has 11 heteroatoms. The van der Waals surface area contributed by atoms with Gasteiger partial charge in [0.15, 0.2) is 5.75 Å². The number of benzene rings is 4. The molecule has 4 aromatic carbocycles. The molecule has 0 aliphatic heterocycles. The minimum Gasteiger partial charge on any atom is -0.588 e. The molecule has 0 aromatic heterocycles. The molecule has 218 valence electrons. The fourth-order valence-corrected chi connectivity index (χ4v) is 5.11. The van der Waals surface area contributed by atoms with Crippen LogP contribution in [0.15, 0.2) is 89.8 Å². The molecular weight excluding hydrogens is 562 g/mol. The molecule has 0 bridgehead atoms. The second-order valence-electron chi connectivity index (χ2n) is 9.40. The van der Waals surface area contributed by atoms with Crippen molar-refractivity contribution in [1.29, 1.82) is 0 Å². The van der Waals surface area contributed by atoms with Gasteiger partial charge in [0.05, 0.1) is 18.4 Å². The molecule has 1 atom stereocenters. The first kappa shape index (κ1) is 30.4. The van der Waals surface area contributed by atoms with Crippen molar-refractivity contribution < 1.29 is 27.7 Å². The Bertz CT molecular complexity index is 1580. The van der Waals surface area contributed by atoms with E-state index in [1.54, 1.807) is 68.7 Å². The van der Waals surface area contributed by atoms with E-state index in [0.29, 0.717) is 34.1 Å². The normalized spacial score (nSPS) is 11.4. The number of hydrogen-bond donors (Lipinski definition) is 3. The maximum atomic E-state index is 13.8. The standard InChI is InChI=1S/C31H30F2N4O4S/c1-37(2)31(39)22-7-4-6-20(16-22)21-10-13-28(41-3)29(17-21)42(40)36-25-9-5-8-24(19-25)34-14-15-35-30(38)26-18-23(32)11-12-27(26)33/h4-13,16-19,34,36H,14-15H2,1-3H3,(H,35,38). The van der Waals surface area contributed by atoms with Crippen LogP contribution in [0.25, 0.3) is 11.1 Å². The van der Waals surface area contributed by atoms with Gasteiger partial charge < -0.3 is 24.8 Å². The number of methoxy groups -OCH3 is 1. The maximum Gasteiger partial charge on any atom is 0.254 e. The van der Waals surface area contributed by atoms with Crippen molar-refractivity contribution in [3.8, 4) is 16.9 Å². The minimum atomic E-state index is -1.70. The van der Waals surface area contributed by atoms with Gasteiger partial charge in [-0.1, -0.05) is 24.3 Å². The van der Waals surface area contributed by atoms with Crippen molar-refractivity contribution in [2.24, 2.45) is 0 Å². The molecule has 0 saturated heterocycles. The van der Waals surface area contributed by atoms with E-state index in [-0.39, 0.29) is 18.0 Å². The van der Waals surface area contributed by atoms with E-state index >= 15 is 0 Å². The molecular formula is C31H30F2N4O4S. The van der Waals surface area contributed by atoms with Crippen LogP contribution in [0, 0.1) is 11.6 Å². The molecule has 0 saturated carbocycles. The average Bonchev–Trinajstić information content (AvgIpc) is 2.99. The van der Waals surface area contributed by atoms with E-state index in [0.717, 1.165) is 29.3 Å². The lowest BCUT2D eigenvalue weighted by Crippen LogP contribution is -2.29. The van der Waals surface area contributed by atoms with Gasteiger partial charge in [0.2, 0.25) is 4.90 Å². The van der Waals surface area contributed by atoms with Gasteiger partial charge in [0, 0.05) is 44.5 Å². The number of carbonyl (C=O) groups is 2. The fraction of sp³-hybridized carbons (Fsp3) is 0.161. The quantitative estimate of drug-likeness (QED) is 0.161. The number of halogens is 2. The van der Waals surface area contributed by atoms with E-state index in [1.165, 1.54) is 12.0 Å². The fourth-order valence-electron chi connectivity index (χ4n) is 4.10. The van der Waals surface area contributed by atoms with Crippen LogP contribution in [0.2, 0.25) is 0 Å². The number of nitrogens with one attached hydrogen (secondary N) is 3. The Kier molecular flexibility index (Phi) is 10.00. The first-order valence-corrected chi connectivity index (χ1v) is 14.1. The van der Waals surface area contributed by atoms with Crippen molar-refractivity contribution in [3.05, 3.63) is 108 Å². The third kappa shape index (κ3) is 7.56. The Morgan fingerprint density at radius 3 is 2.38 bits per heavy atom. The van der Waals surface area contributed by atoms with Gasteiger partial charge in [-0.3, -0.25) is 9.59 Å². The minimum absolute atomic E-state index is 0.118. The number of rotatable bonds is 11. The summed E-state index contributed by atoms with van der Waals surface area (Å²) in [6.07, 6.45) is 0. The van der Waals surface area contributed by atoms with Gasteiger partial charge in [0.1, 0.15) is 23.0 Å². The summed E-state index contributed by atoms with van der Waals surface area (Å²) in [6.45, 7) is 0.462. The van der Waals surface area contributed by atoms with E-state index in [9.17, 15) is 22.9 Å². The number of anilines is 2. The predicted molar refractivity (Wildman–Crippen MR) is 160 cm³/mol. The highest BCUT2D eigenvalue weighted by molar-refractivity contribution is 7.92. The zero-order chi connectivity index (χ0) is 30.2. The Morgan fingerprint density at radius 1 is 0.881 bits per heavy atom. The second kappa shape index (κ2) is 13.8. The summed E-state index contributed by atoms with van der Waals surface area (Å²) in [6, 6.07) is 22.3. The van der Waals surface area contributed by atoms with E-state index < -0.39 is 28.9 Å². The summed E-state index contributed by atoms with van der Waals surface area (Å²) in [7, 11) is 4.88. The van der Waals surface area contributed by atoms with E-state index in [1.807, 2.05) is 12.1 Å². The van der Waals surface area contributed by atoms with Crippen molar-refractivity contribution in [1.82, 2.24) is 10.2 Å². The largest absolute Gasteiger partial charge is 0.588 e. The number of ether oxygens (including phenoxy) is 1. The first-order chi connectivity index (χ1) is 20.2. The molecule has 3 N–H and O–H groups in total. The third-order valence-electron chi connectivity index (χ3n) is 6.20. The van der Waals surface area contributed by atoms with Crippen LogP contribution < -0.4 is 20.1 Å². The third-order valence-corrected chi connectivity index (χ3v) is 7.34. The van der Waals surface area contributed by atoms with Gasteiger partial charge in [-0.25, -0.2) is 13.5 Å². The van der Waals surface area contributed by atoms with Crippen molar-refractivity contribution in [2.75, 3.05) is 44.3 Å². The van der Waals surface area contributed by atoms with Gasteiger partial charge in [-0.2, -0.15) is 0 Å². The molecule has 0 heterocycles. The van der Waals surface area contributed by atoms with E-state index in [2.05, 4.69) is 15.4 Å². The van der Waals surface area contributed by atoms with Gasteiger partial charge in [-0.05, 0) is 65.7 Å². The van der Waals surface area contributed by atoms with Crippen molar-refractivity contribution in [2.45, 2.75) is 4.90 Å². The zero-order valence-electron chi connectivity index (χ0n) is 23.2. The highest BCUT2D eigenvalue weighted by Gasteiger charge is 2.20. The van der Waals surface area contributed by atoms with Gasteiger partial charge in [-0.15, -0.1) is 0 Å². The first-order valence-electron chi connectivity index (χ1n) is 12.9. The number of carbonyl (C=O) groups excluding carboxylic acids is 2. The molecule has 42 heavy (non-hydrogen) atoms. The number of amides is 2. The topological polar surface area (TPSA) is 106 Å². The smallest absolute Gasteiger partial charge is 0.254 e. The molecule has 0 aliphatic rings. The van der Waals surface area contributed by atoms with Gasteiger partial charge in [0.25, 0.3) is 11.8 Å². The maximum absolute atomic E-state index is 13.8. The van der Waals surface area contributed by atoms with Crippen LogP contribution in [0.3, 0.4) is 0 Å². The van der Waals surface area contributed by atoms with Crippen LogP contribution >= 0.6 is 0 Å². The lowest BCUT2D eigenvalue weighted by atomic mass is 10.0. The molecule has 0 aliphatic carbocycles. The Morgan fingerprint density at radius 2 is 1.62 bits per heavy atom. The van der Waals surface area contributed by atoms with E-state index in [4.69, 9.17) is 4.74 Å². The highest BCUT2D eigenvalue weighted by atomic mass is 32.2. The summed E-state index contributed by atoms with van der Waals surface area (Å²) in [5, 5.41) is 5.67. The molecule has 4 aromatic rings. The molecule has 1 unspecified atom stereocenters. The Labute approximate surface area is 246 Å². The molecule has 4 rings (SSSR count). The summed E-state index contributed by atoms with van der Waals surface area (Å²) in [5.41, 5.74) is 2.99. The summed E-state index contributed by atoms with van der Waals surface area (Å²) < 4.78 is 49.0. The molecule has 0 spiro atoms. The van der Waals surface area contributed by atoms with Crippen LogP contribution in [0.1, 0.15) is 20.7 Å². The molecule has 0 radical (unpaired) electrons. The lowest BCUT2D eigenvalue weighted by Gasteiger charge is -2.16. The second-order valence-corrected chi connectivity index (χ2v) is 10.6. The van der Waals surface area contributed by atoms with Crippen LogP contribution in [0.5, 0.6) is 5.75 Å². The molecule has 0 fully saturated rings. The highest BCUT2D eigenvalue weighted by Crippen LogP contribution is 2.32. The Hall–Kier alpha value is -4.61. The number of hydrogen-bond acceptors (Lipinski definition) is 6. The van der Waals surface area contributed by atoms with Crippen LogP contribution in [-0.4, -0.2) is 55.6 Å². The van der Waals surface area contributed by atoms with Crippen LogP contribution in [-0.2, 0) is 11.4 Å². The monoisotopic (exact) mass is 592 g/mol. The summed E-state index contributed by atoms with van der Waals surface area (Å²) in [5.74, 6) is -1.90. The lowest BCUT2D eigenvalue weighted by molar-refractivity contribution is 0.0827. The molecule has 8 nitrogen and oxygen atoms in total.